The van der Waals surface area contributed by atoms with Gasteiger partial charge in [-0.2, -0.15) is 8.78 Å². The van der Waals surface area contributed by atoms with Gasteiger partial charge in [0.2, 0.25) is 12.7 Å². The largest absolute Gasteiger partial charge is 0.454 e. The number of hydrogen-bond acceptors (Lipinski definition) is 5. The van der Waals surface area contributed by atoms with Crippen LogP contribution < -0.4 is 30.2 Å². The van der Waals surface area contributed by atoms with Crippen LogP contribution in [0.2, 0.25) is 0 Å². The van der Waals surface area contributed by atoms with Gasteiger partial charge in [0.05, 0.1) is 0 Å². The van der Waals surface area contributed by atoms with E-state index in [9.17, 15) is 13.6 Å². The standard InChI is InChI=1S/C21H24F2N4O4/c1-24-21(25-8-7-19(28)26-11-14-5-3-2-4-6-14)27-12-15-9-17-18(30-13-29-17)10-16(15)31-20(22)23/h2-6,9-10,20H,7-8,11-13H2,1H3,(H,26,28)(H2,24,25,27). The molecule has 0 saturated carbocycles. The van der Waals surface area contributed by atoms with E-state index in [1.54, 1.807) is 13.1 Å². The third-order valence-electron chi connectivity index (χ3n) is 4.42. The zero-order valence-corrected chi connectivity index (χ0v) is 17.0. The molecule has 2 aromatic rings. The molecule has 1 heterocycles. The van der Waals surface area contributed by atoms with Gasteiger partial charge in [-0.3, -0.25) is 9.79 Å². The van der Waals surface area contributed by atoms with Crippen molar-refractivity contribution in [2.24, 2.45) is 4.99 Å². The van der Waals surface area contributed by atoms with E-state index >= 15 is 0 Å². The summed E-state index contributed by atoms with van der Waals surface area (Å²) in [5, 5.41) is 8.87. The van der Waals surface area contributed by atoms with E-state index in [2.05, 4.69) is 25.7 Å². The highest BCUT2D eigenvalue weighted by molar-refractivity contribution is 5.81. The summed E-state index contributed by atoms with van der Waals surface area (Å²) in [6.45, 7) is -1.98. The second-order valence-electron chi connectivity index (χ2n) is 6.56. The Balaban J connectivity index is 1.46. The molecule has 1 aliphatic heterocycles. The summed E-state index contributed by atoms with van der Waals surface area (Å²) in [6.07, 6.45) is 0.247. The molecule has 0 aromatic heterocycles. The summed E-state index contributed by atoms with van der Waals surface area (Å²) in [6, 6.07) is 12.6. The summed E-state index contributed by atoms with van der Waals surface area (Å²) < 4.78 is 40.6. The van der Waals surface area contributed by atoms with Gasteiger partial charge in [-0.1, -0.05) is 30.3 Å². The molecule has 0 fully saturated rings. The molecule has 0 unspecified atom stereocenters. The smallest absolute Gasteiger partial charge is 0.387 e. The number of halogens is 2. The molecule has 0 bridgehead atoms. The van der Waals surface area contributed by atoms with Gasteiger partial charge in [0.1, 0.15) is 5.75 Å². The van der Waals surface area contributed by atoms with Crippen LogP contribution >= 0.6 is 0 Å². The highest BCUT2D eigenvalue weighted by atomic mass is 19.3. The van der Waals surface area contributed by atoms with Crippen LogP contribution in [0.4, 0.5) is 8.78 Å². The van der Waals surface area contributed by atoms with E-state index in [4.69, 9.17) is 9.47 Å². The van der Waals surface area contributed by atoms with Crippen LogP contribution in [0.5, 0.6) is 17.2 Å². The average Bonchev–Trinajstić information content (AvgIpc) is 3.22. The predicted molar refractivity (Wildman–Crippen MR) is 110 cm³/mol. The van der Waals surface area contributed by atoms with Crippen molar-refractivity contribution in [2.45, 2.75) is 26.1 Å². The second kappa shape index (κ2) is 11.0. The van der Waals surface area contributed by atoms with E-state index in [-0.39, 0.29) is 31.4 Å². The van der Waals surface area contributed by atoms with E-state index in [0.29, 0.717) is 36.1 Å². The maximum Gasteiger partial charge on any atom is 0.387 e. The van der Waals surface area contributed by atoms with E-state index < -0.39 is 6.61 Å². The van der Waals surface area contributed by atoms with Crippen LogP contribution in [0.1, 0.15) is 17.5 Å². The van der Waals surface area contributed by atoms with Crippen molar-refractivity contribution in [3.05, 3.63) is 53.6 Å². The number of amides is 1. The van der Waals surface area contributed by atoms with Crippen molar-refractivity contribution in [3.8, 4) is 17.2 Å². The van der Waals surface area contributed by atoms with Gasteiger partial charge in [-0.05, 0) is 11.6 Å². The zero-order chi connectivity index (χ0) is 22.1. The molecule has 1 aliphatic rings. The SMILES string of the molecule is CN=C(NCCC(=O)NCc1ccccc1)NCc1cc2c(cc1OC(F)F)OCO2. The third kappa shape index (κ3) is 6.73. The fraction of sp³-hybridized carbons (Fsp3) is 0.333. The second-order valence-corrected chi connectivity index (χ2v) is 6.56. The van der Waals surface area contributed by atoms with Gasteiger partial charge in [0, 0.05) is 44.7 Å². The Morgan fingerprint density at radius 3 is 2.55 bits per heavy atom. The van der Waals surface area contributed by atoms with Crippen molar-refractivity contribution >= 4 is 11.9 Å². The molecule has 1 amide bonds. The lowest BCUT2D eigenvalue weighted by Crippen LogP contribution is -2.39. The van der Waals surface area contributed by atoms with Gasteiger partial charge < -0.3 is 30.2 Å². The number of carbonyl (C=O) groups excluding carboxylic acids is 1. The number of nitrogens with one attached hydrogen (secondary N) is 3. The van der Waals surface area contributed by atoms with Crippen molar-refractivity contribution in [2.75, 3.05) is 20.4 Å². The van der Waals surface area contributed by atoms with Crippen LogP contribution in [0.25, 0.3) is 0 Å². The molecule has 0 spiro atoms. The fourth-order valence-corrected chi connectivity index (χ4v) is 2.89. The first kappa shape index (κ1) is 22.1. The summed E-state index contributed by atoms with van der Waals surface area (Å²) in [4.78, 5) is 16.1. The number of nitrogens with zero attached hydrogens (tertiary/aromatic N) is 1. The summed E-state index contributed by atoms with van der Waals surface area (Å²) in [5.74, 6) is 1.11. The van der Waals surface area contributed by atoms with Gasteiger partial charge in [-0.25, -0.2) is 0 Å². The molecule has 8 nitrogen and oxygen atoms in total. The Bertz CT molecular complexity index is 910. The number of ether oxygens (including phenoxy) is 3. The van der Waals surface area contributed by atoms with Crippen LogP contribution in [0.3, 0.4) is 0 Å². The Morgan fingerprint density at radius 2 is 1.84 bits per heavy atom. The van der Waals surface area contributed by atoms with E-state index in [0.717, 1.165) is 5.56 Å². The monoisotopic (exact) mass is 434 g/mol. The summed E-state index contributed by atoms with van der Waals surface area (Å²) in [7, 11) is 1.57. The topological polar surface area (TPSA) is 93.2 Å². The summed E-state index contributed by atoms with van der Waals surface area (Å²) >= 11 is 0. The molecule has 0 aliphatic carbocycles. The van der Waals surface area contributed by atoms with Gasteiger partial charge in [-0.15, -0.1) is 0 Å². The van der Waals surface area contributed by atoms with E-state index in [1.807, 2.05) is 30.3 Å². The summed E-state index contributed by atoms with van der Waals surface area (Å²) in [5.41, 5.74) is 1.47. The number of aliphatic imine (C=N–C) groups is 1. The van der Waals surface area contributed by atoms with Gasteiger partial charge >= 0.3 is 6.61 Å². The molecule has 10 heteroatoms. The molecular formula is C21H24F2N4O4. The quantitative estimate of drug-likeness (QED) is 0.415. The molecule has 166 valence electrons. The Hall–Kier alpha value is -3.56. The first-order valence-corrected chi connectivity index (χ1v) is 9.67. The average molecular weight is 434 g/mol. The van der Waals surface area contributed by atoms with Crippen molar-refractivity contribution in [1.29, 1.82) is 0 Å². The lowest BCUT2D eigenvalue weighted by molar-refractivity contribution is -0.121. The lowest BCUT2D eigenvalue weighted by atomic mass is 10.1. The maximum atomic E-state index is 12.7. The Labute approximate surface area is 178 Å². The molecule has 0 atom stereocenters. The minimum absolute atomic E-state index is 0.0116. The molecule has 2 aromatic carbocycles. The van der Waals surface area contributed by atoms with Crippen LogP contribution in [0, 0.1) is 0 Å². The predicted octanol–water partition coefficient (Wildman–Crippen LogP) is 2.39. The van der Waals surface area contributed by atoms with Crippen LogP contribution in [-0.2, 0) is 17.9 Å². The number of carbonyl (C=O) groups is 1. The first-order chi connectivity index (χ1) is 15.0. The van der Waals surface area contributed by atoms with Crippen molar-refractivity contribution < 1.29 is 27.8 Å². The van der Waals surface area contributed by atoms with Crippen molar-refractivity contribution in [1.82, 2.24) is 16.0 Å². The molecular weight excluding hydrogens is 410 g/mol. The normalized spacial score (nSPS) is 12.6. The number of guanidine groups is 1. The van der Waals surface area contributed by atoms with E-state index in [1.165, 1.54) is 6.07 Å². The number of benzene rings is 2. The number of hydrogen-bond donors (Lipinski definition) is 3. The third-order valence-corrected chi connectivity index (χ3v) is 4.42. The maximum absolute atomic E-state index is 12.7. The molecule has 3 rings (SSSR count). The van der Waals surface area contributed by atoms with Crippen LogP contribution in [-0.4, -0.2) is 38.9 Å². The zero-order valence-electron chi connectivity index (χ0n) is 17.0. The van der Waals surface area contributed by atoms with Gasteiger partial charge in [0.25, 0.3) is 0 Å². The highest BCUT2D eigenvalue weighted by Gasteiger charge is 2.20. The lowest BCUT2D eigenvalue weighted by Gasteiger charge is -2.15. The first-order valence-electron chi connectivity index (χ1n) is 9.67. The minimum Gasteiger partial charge on any atom is -0.454 e. The highest BCUT2D eigenvalue weighted by Crippen LogP contribution is 2.38. The number of fused-ring (bicyclic) bond motifs is 1. The molecule has 31 heavy (non-hydrogen) atoms. The molecule has 0 radical (unpaired) electrons. The Morgan fingerprint density at radius 1 is 1.10 bits per heavy atom. The minimum atomic E-state index is -2.97. The number of alkyl halides is 2. The number of rotatable bonds is 9. The molecule has 3 N–H and O–H groups in total. The Kier molecular flexibility index (Phi) is 7.85. The van der Waals surface area contributed by atoms with Gasteiger partial charge in [0.15, 0.2) is 17.5 Å². The fourth-order valence-electron chi connectivity index (χ4n) is 2.89. The molecule has 0 saturated heterocycles. The van der Waals surface area contributed by atoms with Crippen molar-refractivity contribution in [3.63, 3.8) is 0 Å². The van der Waals surface area contributed by atoms with Crippen LogP contribution in [0.15, 0.2) is 47.5 Å².